The molecule has 7 nitrogen and oxygen atoms in total. The van der Waals surface area contributed by atoms with Crippen LogP contribution in [0, 0.1) is 6.92 Å². The fraction of sp³-hybridized carbons (Fsp3) is 0.444. The monoisotopic (exact) mass is 338 g/mol. The van der Waals surface area contributed by atoms with E-state index in [1.54, 1.807) is 12.7 Å². The van der Waals surface area contributed by atoms with Crippen LogP contribution in [0.15, 0.2) is 41.4 Å². The molecule has 0 N–H and O–H groups in total. The Morgan fingerprint density at radius 1 is 1.28 bits per heavy atom. The minimum absolute atomic E-state index is 0.427. The van der Waals surface area contributed by atoms with Gasteiger partial charge in [-0.2, -0.15) is 10.1 Å². The second kappa shape index (κ2) is 7.14. The molecule has 0 spiro atoms. The van der Waals surface area contributed by atoms with Gasteiger partial charge in [-0.05, 0) is 38.4 Å². The quantitative estimate of drug-likeness (QED) is 0.712. The number of hydrogen-bond donors (Lipinski definition) is 0. The van der Waals surface area contributed by atoms with Gasteiger partial charge in [0, 0.05) is 11.6 Å². The number of likely N-dealkylation sites (tertiary alicyclic amines) is 1. The molecule has 1 aliphatic rings. The second-order valence-corrected chi connectivity index (χ2v) is 6.62. The predicted octanol–water partition coefficient (Wildman–Crippen LogP) is 2.69. The van der Waals surface area contributed by atoms with Crippen molar-refractivity contribution in [3.63, 3.8) is 0 Å². The summed E-state index contributed by atoms with van der Waals surface area (Å²) < 4.78 is 7.37. The summed E-state index contributed by atoms with van der Waals surface area (Å²) in [4.78, 5) is 11.1. The highest BCUT2D eigenvalue weighted by Crippen LogP contribution is 2.22. The summed E-state index contributed by atoms with van der Waals surface area (Å²) in [6.07, 6.45) is 6.97. The minimum atomic E-state index is 0.427. The lowest BCUT2D eigenvalue weighted by molar-refractivity contribution is 0.117. The molecule has 130 valence electrons. The van der Waals surface area contributed by atoms with Crippen LogP contribution in [-0.4, -0.2) is 42.4 Å². The van der Waals surface area contributed by atoms with Crippen molar-refractivity contribution in [3.8, 4) is 11.5 Å². The van der Waals surface area contributed by atoms with Gasteiger partial charge in [0.15, 0.2) is 5.82 Å². The van der Waals surface area contributed by atoms with Crippen molar-refractivity contribution in [2.75, 3.05) is 6.54 Å². The van der Waals surface area contributed by atoms with E-state index in [-0.39, 0.29) is 0 Å². The molecule has 7 heteroatoms. The predicted molar refractivity (Wildman–Crippen MR) is 92.5 cm³/mol. The highest BCUT2D eigenvalue weighted by Gasteiger charge is 2.24. The maximum atomic E-state index is 5.47. The molecule has 25 heavy (non-hydrogen) atoms. The third-order valence-corrected chi connectivity index (χ3v) is 4.69. The first-order valence-electron chi connectivity index (χ1n) is 8.74. The highest BCUT2D eigenvalue weighted by molar-refractivity contribution is 5.53. The van der Waals surface area contributed by atoms with Crippen LogP contribution in [0.25, 0.3) is 11.5 Å². The van der Waals surface area contributed by atoms with E-state index in [0.29, 0.717) is 18.5 Å². The van der Waals surface area contributed by atoms with Gasteiger partial charge in [0.1, 0.15) is 12.7 Å². The lowest BCUT2D eigenvalue weighted by Gasteiger charge is -2.34. The number of aryl methyl sites for hydroxylation is 1. The summed E-state index contributed by atoms with van der Waals surface area (Å²) >= 11 is 0. The van der Waals surface area contributed by atoms with E-state index >= 15 is 0 Å². The topological polar surface area (TPSA) is 72.9 Å². The van der Waals surface area contributed by atoms with E-state index in [1.165, 1.54) is 18.4 Å². The van der Waals surface area contributed by atoms with Crippen molar-refractivity contribution in [1.82, 2.24) is 29.8 Å². The summed E-state index contributed by atoms with van der Waals surface area (Å²) in [6, 6.07) is 8.55. The molecule has 0 saturated carbocycles. The largest absolute Gasteiger partial charge is 0.334 e. The highest BCUT2D eigenvalue weighted by atomic mass is 16.5. The molecular weight excluding hydrogens is 316 g/mol. The fourth-order valence-corrected chi connectivity index (χ4v) is 3.41. The first-order chi connectivity index (χ1) is 12.3. The van der Waals surface area contributed by atoms with Gasteiger partial charge in [0.2, 0.25) is 0 Å². The average molecular weight is 338 g/mol. The van der Waals surface area contributed by atoms with E-state index in [9.17, 15) is 0 Å². The molecule has 1 aromatic carbocycles. The summed E-state index contributed by atoms with van der Waals surface area (Å²) in [5.41, 5.74) is 2.15. The molecule has 0 aliphatic carbocycles. The van der Waals surface area contributed by atoms with Gasteiger partial charge in [-0.15, -0.1) is 0 Å². The van der Waals surface area contributed by atoms with Crippen molar-refractivity contribution in [1.29, 1.82) is 0 Å². The Bertz CT molecular complexity index is 813. The smallest absolute Gasteiger partial charge is 0.257 e. The van der Waals surface area contributed by atoms with Gasteiger partial charge >= 0.3 is 0 Å². The molecular formula is C18H22N6O. The number of rotatable bonds is 5. The molecule has 0 amide bonds. The summed E-state index contributed by atoms with van der Waals surface area (Å²) in [5, 5.41) is 8.42. The fourth-order valence-electron chi connectivity index (χ4n) is 3.41. The van der Waals surface area contributed by atoms with Crippen LogP contribution in [-0.2, 0) is 13.1 Å². The van der Waals surface area contributed by atoms with Crippen LogP contribution >= 0.6 is 0 Å². The molecule has 0 bridgehead atoms. The van der Waals surface area contributed by atoms with Gasteiger partial charge in [0.05, 0.1) is 13.1 Å². The first kappa shape index (κ1) is 16.0. The Morgan fingerprint density at radius 3 is 3.08 bits per heavy atom. The van der Waals surface area contributed by atoms with Crippen molar-refractivity contribution < 1.29 is 4.52 Å². The Labute approximate surface area is 146 Å². The maximum absolute atomic E-state index is 5.47. The zero-order valence-corrected chi connectivity index (χ0v) is 14.4. The number of hydrogen-bond acceptors (Lipinski definition) is 6. The first-order valence-corrected chi connectivity index (χ1v) is 8.74. The zero-order chi connectivity index (χ0) is 17.1. The molecule has 2 aromatic heterocycles. The van der Waals surface area contributed by atoms with Gasteiger partial charge in [-0.25, -0.2) is 4.98 Å². The maximum Gasteiger partial charge on any atom is 0.257 e. The number of nitrogens with zero attached hydrogens (tertiary/aromatic N) is 6. The molecule has 4 rings (SSSR count). The van der Waals surface area contributed by atoms with Crippen molar-refractivity contribution in [3.05, 3.63) is 48.3 Å². The standard InChI is InChI=1S/C18H22N6O/c1-14-5-4-6-15(9-14)18-21-17(22-25-18)11-23-8-3-2-7-16(23)10-24-13-19-12-20-24/h4-6,9,12-13,16H,2-3,7-8,10-11H2,1H3/t16-/m1/s1. The van der Waals surface area contributed by atoms with Crippen LogP contribution in [0.5, 0.6) is 0 Å². The second-order valence-electron chi connectivity index (χ2n) is 6.62. The van der Waals surface area contributed by atoms with Crippen LogP contribution in [0.3, 0.4) is 0 Å². The summed E-state index contributed by atoms with van der Waals surface area (Å²) in [6.45, 7) is 4.66. The molecule has 3 heterocycles. The van der Waals surface area contributed by atoms with Crippen LogP contribution < -0.4 is 0 Å². The van der Waals surface area contributed by atoms with Gasteiger partial charge in [-0.1, -0.05) is 29.3 Å². The van der Waals surface area contributed by atoms with E-state index in [1.807, 2.05) is 16.8 Å². The Kier molecular flexibility index (Phi) is 4.56. The average Bonchev–Trinajstić information content (AvgIpc) is 3.29. The van der Waals surface area contributed by atoms with Crippen LogP contribution in [0.1, 0.15) is 30.7 Å². The Morgan fingerprint density at radius 2 is 2.24 bits per heavy atom. The minimum Gasteiger partial charge on any atom is -0.334 e. The van der Waals surface area contributed by atoms with Gasteiger partial charge in [0.25, 0.3) is 5.89 Å². The van der Waals surface area contributed by atoms with Crippen molar-refractivity contribution in [2.24, 2.45) is 0 Å². The van der Waals surface area contributed by atoms with E-state index in [0.717, 1.165) is 30.9 Å². The van der Waals surface area contributed by atoms with Gasteiger partial charge < -0.3 is 4.52 Å². The van der Waals surface area contributed by atoms with Crippen LogP contribution in [0.2, 0.25) is 0 Å². The van der Waals surface area contributed by atoms with E-state index in [2.05, 4.69) is 44.2 Å². The third kappa shape index (κ3) is 3.76. The van der Waals surface area contributed by atoms with E-state index in [4.69, 9.17) is 4.52 Å². The number of piperidine rings is 1. The van der Waals surface area contributed by atoms with Crippen molar-refractivity contribution >= 4 is 0 Å². The molecule has 1 aliphatic heterocycles. The van der Waals surface area contributed by atoms with Crippen LogP contribution in [0.4, 0.5) is 0 Å². The van der Waals surface area contributed by atoms with Crippen molar-refractivity contribution in [2.45, 2.75) is 45.3 Å². The SMILES string of the molecule is Cc1cccc(-c2nc(CN3CCCC[C@@H]3Cn3cncn3)no2)c1. The number of aromatic nitrogens is 5. The summed E-state index contributed by atoms with van der Waals surface area (Å²) in [5.74, 6) is 1.32. The lowest BCUT2D eigenvalue weighted by atomic mass is 10.0. The van der Waals surface area contributed by atoms with Gasteiger partial charge in [-0.3, -0.25) is 9.58 Å². The molecule has 1 fully saturated rings. The molecule has 1 saturated heterocycles. The third-order valence-electron chi connectivity index (χ3n) is 4.69. The normalized spacial score (nSPS) is 18.5. The Hall–Kier alpha value is -2.54. The number of benzene rings is 1. The molecule has 0 radical (unpaired) electrons. The summed E-state index contributed by atoms with van der Waals surface area (Å²) in [7, 11) is 0. The Balaban J connectivity index is 1.47. The van der Waals surface area contributed by atoms with E-state index < -0.39 is 0 Å². The lowest BCUT2D eigenvalue weighted by Crippen LogP contribution is -2.41. The molecule has 3 aromatic rings. The zero-order valence-electron chi connectivity index (χ0n) is 14.4. The molecule has 1 atom stereocenters. The molecule has 0 unspecified atom stereocenters.